The smallest absolute Gasteiger partial charge is 0.330 e. The number of hydrogen-bond acceptors (Lipinski definition) is 4. The third-order valence-corrected chi connectivity index (χ3v) is 2.30. The van der Waals surface area contributed by atoms with Crippen molar-refractivity contribution < 1.29 is 19.4 Å². The van der Waals surface area contributed by atoms with Gasteiger partial charge < -0.3 is 20.9 Å². The van der Waals surface area contributed by atoms with Crippen LogP contribution in [0.2, 0.25) is 5.02 Å². The molecule has 0 saturated heterocycles. The van der Waals surface area contributed by atoms with Gasteiger partial charge in [-0.3, -0.25) is 4.79 Å². The highest BCUT2D eigenvalue weighted by atomic mass is 35.5. The molecule has 0 aliphatic carbocycles. The maximum absolute atomic E-state index is 11.4. The molecule has 0 spiro atoms. The van der Waals surface area contributed by atoms with Crippen LogP contribution in [-0.4, -0.2) is 30.1 Å². The van der Waals surface area contributed by atoms with E-state index >= 15 is 0 Å². The number of carboxylic acid groups (broad SMARTS) is 1. The van der Waals surface area contributed by atoms with Crippen molar-refractivity contribution in [2.45, 2.75) is 6.04 Å². The lowest BCUT2D eigenvalue weighted by Gasteiger charge is -2.10. The number of nitrogens with one attached hydrogen (secondary N) is 1. The van der Waals surface area contributed by atoms with Crippen LogP contribution in [0.25, 0.3) is 0 Å². The van der Waals surface area contributed by atoms with Crippen molar-refractivity contribution in [3.63, 3.8) is 0 Å². The Bertz CT molecular complexity index is 450. The van der Waals surface area contributed by atoms with Gasteiger partial charge in [0.05, 0.1) is 17.8 Å². The van der Waals surface area contributed by atoms with E-state index in [0.29, 0.717) is 5.75 Å². The highest BCUT2D eigenvalue weighted by Gasteiger charge is 2.21. The minimum absolute atomic E-state index is 0.232. The summed E-state index contributed by atoms with van der Waals surface area (Å²) in [6.07, 6.45) is 0. The van der Waals surface area contributed by atoms with Crippen LogP contribution in [0.15, 0.2) is 18.2 Å². The molecule has 1 rings (SSSR count). The number of rotatable bonds is 4. The summed E-state index contributed by atoms with van der Waals surface area (Å²) in [6.45, 7) is 0. The van der Waals surface area contributed by atoms with Crippen molar-refractivity contribution in [1.82, 2.24) is 0 Å². The molecule has 0 aromatic heterocycles. The predicted octanol–water partition coefficient (Wildman–Crippen LogP) is 0.699. The average Bonchev–Trinajstić information content (AvgIpc) is 2.30. The third-order valence-electron chi connectivity index (χ3n) is 1.98. The molecule has 1 amide bonds. The van der Waals surface area contributed by atoms with E-state index in [1.165, 1.54) is 19.2 Å². The molecule has 0 fully saturated rings. The summed E-state index contributed by atoms with van der Waals surface area (Å²) in [5.41, 5.74) is 5.41. The first-order chi connectivity index (χ1) is 7.95. The Kier molecular flexibility index (Phi) is 4.30. The normalized spacial score (nSPS) is 11.7. The van der Waals surface area contributed by atoms with Crippen molar-refractivity contribution in [3.05, 3.63) is 23.2 Å². The van der Waals surface area contributed by atoms with E-state index in [4.69, 9.17) is 27.2 Å². The van der Waals surface area contributed by atoms with E-state index in [1.54, 1.807) is 6.07 Å². The number of amides is 1. The first-order valence-electron chi connectivity index (χ1n) is 4.58. The lowest BCUT2D eigenvalue weighted by molar-refractivity contribution is -0.141. The number of carboxylic acids is 1. The molecule has 92 valence electrons. The Hall–Kier alpha value is -1.79. The standard InChI is InChI=1S/C10H11ClN2O4/c1-17-5-2-3-7(6(11)4-5)13-9(14)8(12)10(15)16/h2-4,8H,12H2,1H3,(H,13,14)(H,15,16). The molecule has 4 N–H and O–H groups in total. The van der Waals surface area contributed by atoms with E-state index in [1.807, 2.05) is 0 Å². The Balaban J connectivity index is 2.82. The van der Waals surface area contributed by atoms with Crippen molar-refractivity contribution >= 4 is 29.2 Å². The Labute approximate surface area is 102 Å². The van der Waals surface area contributed by atoms with Crippen molar-refractivity contribution in [1.29, 1.82) is 0 Å². The van der Waals surface area contributed by atoms with E-state index in [2.05, 4.69) is 5.32 Å². The average molecular weight is 259 g/mol. The van der Waals surface area contributed by atoms with Crippen LogP contribution in [0, 0.1) is 0 Å². The summed E-state index contributed by atoms with van der Waals surface area (Å²) in [7, 11) is 1.48. The quantitative estimate of drug-likeness (QED) is 0.690. The fraction of sp³-hybridized carbons (Fsp3) is 0.200. The highest BCUT2D eigenvalue weighted by molar-refractivity contribution is 6.34. The van der Waals surface area contributed by atoms with Crippen LogP contribution in [0.4, 0.5) is 5.69 Å². The molecule has 1 atom stereocenters. The minimum Gasteiger partial charge on any atom is -0.497 e. The number of aliphatic carboxylic acids is 1. The van der Waals surface area contributed by atoms with Gasteiger partial charge in [0.25, 0.3) is 5.91 Å². The van der Waals surface area contributed by atoms with Gasteiger partial charge in [0.15, 0.2) is 6.04 Å². The van der Waals surface area contributed by atoms with Gasteiger partial charge in [-0.25, -0.2) is 4.79 Å². The van der Waals surface area contributed by atoms with Crippen molar-refractivity contribution in [3.8, 4) is 5.75 Å². The van der Waals surface area contributed by atoms with Crippen LogP contribution < -0.4 is 15.8 Å². The van der Waals surface area contributed by atoms with Gasteiger partial charge in [0.1, 0.15) is 5.75 Å². The zero-order valence-corrected chi connectivity index (χ0v) is 9.69. The van der Waals surface area contributed by atoms with Crippen molar-refractivity contribution in [2.75, 3.05) is 12.4 Å². The number of carbonyl (C=O) groups excluding carboxylic acids is 1. The number of benzene rings is 1. The van der Waals surface area contributed by atoms with E-state index < -0.39 is 17.9 Å². The number of anilines is 1. The second-order valence-corrected chi connectivity index (χ2v) is 3.56. The van der Waals surface area contributed by atoms with Gasteiger partial charge in [0.2, 0.25) is 0 Å². The fourth-order valence-corrected chi connectivity index (χ4v) is 1.26. The molecular weight excluding hydrogens is 248 g/mol. The van der Waals surface area contributed by atoms with E-state index in [9.17, 15) is 9.59 Å². The molecule has 0 aliphatic rings. The van der Waals surface area contributed by atoms with Crippen LogP contribution in [0.3, 0.4) is 0 Å². The third kappa shape index (κ3) is 3.33. The summed E-state index contributed by atoms with van der Waals surface area (Å²) in [4.78, 5) is 21.8. The number of halogens is 1. The van der Waals surface area contributed by atoms with Crippen LogP contribution >= 0.6 is 11.6 Å². The monoisotopic (exact) mass is 258 g/mol. The van der Waals surface area contributed by atoms with Gasteiger partial charge in [-0.2, -0.15) is 0 Å². The molecule has 0 aliphatic heterocycles. The number of hydrogen-bond donors (Lipinski definition) is 3. The molecule has 1 unspecified atom stereocenters. The molecule has 0 heterocycles. The first kappa shape index (κ1) is 13.3. The summed E-state index contributed by atoms with van der Waals surface area (Å²) in [5, 5.41) is 11.1. The maximum Gasteiger partial charge on any atom is 0.330 e. The van der Waals surface area contributed by atoms with Crippen LogP contribution in [0.1, 0.15) is 0 Å². The largest absolute Gasteiger partial charge is 0.497 e. The van der Waals surface area contributed by atoms with Crippen LogP contribution in [-0.2, 0) is 9.59 Å². The van der Waals surface area contributed by atoms with Gasteiger partial charge in [0, 0.05) is 6.07 Å². The van der Waals surface area contributed by atoms with Gasteiger partial charge in [-0.15, -0.1) is 0 Å². The second-order valence-electron chi connectivity index (χ2n) is 3.15. The topological polar surface area (TPSA) is 102 Å². The van der Waals surface area contributed by atoms with Crippen LogP contribution in [0.5, 0.6) is 5.75 Å². The summed E-state index contributed by atoms with van der Waals surface area (Å²) >= 11 is 5.85. The lowest BCUT2D eigenvalue weighted by Crippen LogP contribution is -2.42. The van der Waals surface area contributed by atoms with Gasteiger partial charge in [-0.05, 0) is 12.1 Å². The lowest BCUT2D eigenvalue weighted by atomic mass is 10.2. The fourth-order valence-electron chi connectivity index (χ4n) is 1.05. The number of nitrogens with two attached hydrogens (primary N) is 1. The SMILES string of the molecule is COc1ccc(NC(=O)C(N)C(=O)O)c(Cl)c1. The number of methoxy groups -OCH3 is 1. The van der Waals surface area contributed by atoms with Gasteiger partial charge in [-0.1, -0.05) is 11.6 Å². The molecule has 17 heavy (non-hydrogen) atoms. The maximum atomic E-state index is 11.4. The number of ether oxygens (including phenoxy) is 1. The van der Waals surface area contributed by atoms with E-state index in [-0.39, 0.29) is 10.7 Å². The summed E-state index contributed by atoms with van der Waals surface area (Å²) in [5.74, 6) is -1.73. The first-order valence-corrected chi connectivity index (χ1v) is 4.96. The summed E-state index contributed by atoms with van der Waals surface area (Å²) in [6, 6.07) is 2.93. The molecule has 0 bridgehead atoms. The second kappa shape index (κ2) is 5.51. The molecule has 7 heteroatoms. The Morgan fingerprint density at radius 1 is 1.53 bits per heavy atom. The minimum atomic E-state index is -1.63. The molecule has 0 radical (unpaired) electrons. The highest BCUT2D eigenvalue weighted by Crippen LogP contribution is 2.26. The molecule has 1 aromatic carbocycles. The Morgan fingerprint density at radius 2 is 2.18 bits per heavy atom. The molecular formula is C10H11ClN2O4. The molecule has 1 aromatic rings. The zero-order chi connectivity index (χ0) is 13.0. The predicted molar refractivity (Wildman–Crippen MR) is 62.2 cm³/mol. The van der Waals surface area contributed by atoms with E-state index in [0.717, 1.165) is 0 Å². The number of carbonyl (C=O) groups is 2. The molecule has 6 nitrogen and oxygen atoms in total. The Morgan fingerprint density at radius 3 is 2.65 bits per heavy atom. The van der Waals surface area contributed by atoms with Crippen molar-refractivity contribution in [2.24, 2.45) is 5.73 Å². The zero-order valence-electron chi connectivity index (χ0n) is 8.94. The van der Waals surface area contributed by atoms with Gasteiger partial charge >= 0.3 is 5.97 Å². The molecule has 0 saturated carbocycles. The summed E-state index contributed by atoms with van der Waals surface area (Å²) < 4.78 is 4.92.